The zero-order valence-corrected chi connectivity index (χ0v) is 14.8. The first kappa shape index (κ1) is 17.8. The van der Waals surface area contributed by atoms with Crippen molar-refractivity contribution >= 4 is 5.91 Å². The van der Waals surface area contributed by atoms with Crippen molar-refractivity contribution in [3.63, 3.8) is 0 Å². The maximum atomic E-state index is 12.5. The molecule has 0 saturated heterocycles. The molecular formula is C21H25NO2. The molecule has 0 aromatic heterocycles. The second-order valence-corrected chi connectivity index (χ2v) is 6.33. The van der Waals surface area contributed by atoms with Crippen molar-refractivity contribution in [2.24, 2.45) is 0 Å². The zero-order valence-electron chi connectivity index (χ0n) is 14.8. The Bertz CT molecular complexity index is 749. The maximum absolute atomic E-state index is 12.5. The fraction of sp³-hybridized carbons (Fsp3) is 0.286. The van der Waals surface area contributed by atoms with E-state index in [1.807, 2.05) is 26.0 Å². The summed E-state index contributed by atoms with van der Waals surface area (Å²) in [6, 6.07) is 13.4. The molecule has 0 radical (unpaired) electrons. The van der Waals surface area contributed by atoms with E-state index in [4.69, 9.17) is 4.74 Å². The van der Waals surface area contributed by atoms with Gasteiger partial charge in [0.1, 0.15) is 12.4 Å². The molecule has 3 nitrogen and oxygen atoms in total. The summed E-state index contributed by atoms with van der Waals surface area (Å²) in [4.78, 5) is 12.5. The lowest BCUT2D eigenvalue weighted by Crippen LogP contribution is -2.27. The number of aryl methyl sites for hydroxylation is 2. The summed E-state index contributed by atoms with van der Waals surface area (Å²) >= 11 is 0. The second kappa shape index (κ2) is 7.82. The summed E-state index contributed by atoms with van der Waals surface area (Å²) in [5.74, 6) is 0.563. The molecule has 0 bridgehead atoms. The van der Waals surface area contributed by atoms with Gasteiger partial charge >= 0.3 is 0 Å². The third-order valence-electron chi connectivity index (χ3n) is 3.82. The van der Waals surface area contributed by atoms with E-state index in [1.54, 1.807) is 12.1 Å². The van der Waals surface area contributed by atoms with Crippen molar-refractivity contribution in [2.75, 3.05) is 6.61 Å². The Hall–Kier alpha value is -2.55. The van der Waals surface area contributed by atoms with E-state index in [0.717, 1.165) is 11.1 Å². The smallest absolute Gasteiger partial charge is 0.251 e. The number of ether oxygens (including phenoxy) is 1. The lowest BCUT2D eigenvalue weighted by Gasteiger charge is -2.17. The lowest BCUT2D eigenvalue weighted by molar-refractivity contribution is 0.0939. The maximum Gasteiger partial charge on any atom is 0.251 e. The Morgan fingerprint density at radius 2 is 1.96 bits per heavy atom. The molecule has 0 aliphatic carbocycles. The van der Waals surface area contributed by atoms with Crippen LogP contribution in [0.25, 0.3) is 0 Å². The van der Waals surface area contributed by atoms with Crippen LogP contribution >= 0.6 is 0 Å². The van der Waals surface area contributed by atoms with Crippen LogP contribution in [-0.2, 0) is 0 Å². The molecule has 1 atom stereocenters. The molecule has 1 N–H and O–H groups in total. The molecule has 3 heteroatoms. The minimum Gasteiger partial charge on any atom is -0.489 e. The Kier molecular flexibility index (Phi) is 5.80. The van der Waals surface area contributed by atoms with Gasteiger partial charge in [0.25, 0.3) is 5.91 Å². The minimum atomic E-state index is -0.108. The zero-order chi connectivity index (χ0) is 17.7. The SMILES string of the molecule is C=C(C)COc1cccc(C(=O)N[C@@H](C)c2ccc(C)cc2C)c1. The van der Waals surface area contributed by atoms with E-state index >= 15 is 0 Å². The van der Waals surface area contributed by atoms with E-state index in [-0.39, 0.29) is 11.9 Å². The van der Waals surface area contributed by atoms with Crippen molar-refractivity contribution in [3.8, 4) is 5.75 Å². The number of hydrogen-bond acceptors (Lipinski definition) is 2. The van der Waals surface area contributed by atoms with Crippen LogP contribution < -0.4 is 10.1 Å². The van der Waals surface area contributed by atoms with Crippen molar-refractivity contribution in [2.45, 2.75) is 33.7 Å². The number of carbonyl (C=O) groups is 1. The number of amides is 1. The quantitative estimate of drug-likeness (QED) is 0.779. The van der Waals surface area contributed by atoms with Crippen LogP contribution in [0.1, 0.15) is 46.9 Å². The van der Waals surface area contributed by atoms with Gasteiger partial charge in [0, 0.05) is 5.56 Å². The number of hydrogen-bond donors (Lipinski definition) is 1. The third-order valence-corrected chi connectivity index (χ3v) is 3.82. The van der Waals surface area contributed by atoms with E-state index in [2.05, 4.69) is 43.9 Å². The van der Waals surface area contributed by atoms with Crippen molar-refractivity contribution in [1.82, 2.24) is 5.32 Å². The predicted octanol–water partition coefficient (Wildman–Crippen LogP) is 4.75. The fourth-order valence-corrected chi connectivity index (χ4v) is 2.60. The molecule has 126 valence electrons. The topological polar surface area (TPSA) is 38.3 Å². The van der Waals surface area contributed by atoms with Crippen molar-refractivity contribution in [1.29, 1.82) is 0 Å². The summed E-state index contributed by atoms with van der Waals surface area (Å²) in [7, 11) is 0. The van der Waals surface area contributed by atoms with Gasteiger partial charge in [0.05, 0.1) is 6.04 Å². The van der Waals surface area contributed by atoms with Crippen LogP contribution in [0.2, 0.25) is 0 Å². The highest BCUT2D eigenvalue weighted by atomic mass is 16.5. The van der Waals surface area contributed by atoms with Crippen LogP contribution in [0, 0.1) is 13.8 Å². The summed E-state index contributed by atoms with van der Waals surface area (Å²) < 4.78 is 5.60. The van der Waals surface area contributed by atoms with E-state index in [9.17, 15) is 4.79 Å². The number of benzene rings is 2. The molecule has 1 amide bonds. The fourth-order valence-electron chi connectivity index (χ4n) is 2.60. The van der Waals surface area contributed by atoms with Gasteiger partial charge in [-0.15, -0.1) is 0 Å². The average Bonchev–Trinajstić information content (AvgIpc) is 2.53. The highest BCUT2D eigenvalue weighted by molar-refractivity contribution is 5.94. The summed E-state index contributed by atoms with van der Waals surface area (Å²) in [5.41, 5.74) is 5.06. The third kappa shape index (κ3) is 4.72. The summed E-state index contributed by atoms with van der Waals surface area (Å²) in [6.07, 6.45) is 0. The number of nitrogens with one attached hydrogen (secondary N) is 1. The van der Waals surface area contributed by atoms with Gasteiger partial charge in [-0.05, 0) is 62.6 Å². The van der Waals surface area contributed by atoms with Gasteiger partial charge in [-0.2, -0.15) is 0 Å². The van der Waals surface area contributed by atoms with Crippen LogP contribution in [0.3, 0.4) is 0 Å². The Morgan fingerprint density at radius 1 is 1.21 bits per heavy atom. The monoisotopic (exact) mass is 323 g/mol. The molecule has 24 heavy (non-hydrogen) atoms. The number of carbonyl (C=O) groups excluding carboxylic acids is 1. The number of rotatable bonds is 6. The molecule has 2 rings (SSSR count). The lowest BCUT2D eigenvalue weighted by atomic mass is 10.00. The standard InChI is InChI=1S/C21H25NO2/c1-14(2)13-24-19-8-6-7-18(12-19)21(23)22-17(5)20-10-9-15(3)11-16(20)4/h6-12,17H,1,13H2,2-5H3,(H,22,23)/t17-/m0/s1. The highest BCUT2D eigenvalue weighted by Crippen LogP contribution is 2.20. The molecule has 0 heterocycles. The van der Waals surface area contributed by atoms with Crippen LogP contribution in [0.4, 0.5) is 0 Å². The first-order valence-corrected chi connectivity index (χ1v) is 8.12. The molecule has 2 aromatic carbocycles. The molecule has 0 spiro atoms. The Balaban J connectivity index is 2.08. The Morgan fingerprint density at radius 3 is 2.62 bits per heavy atom. The largest absolute Gasteiger partial charge is 0.489 e. The molecule has 2 aromatic rings. The van der Waals surface area contributed by atoms with Gasteiger partial charge < -0.3 is 10.1 Å². The second-order valence-electron chi connectivity index (χ2n) is 6.33. The van der Waals surface area contributed by atoms with Crippen LogP contribution in [0.15, 0.2) is 54.6 Å². The van der Waals surface area contributed by atoms with Gasteiger partial charge in [0.15, 0.2) is 0 Å². The van der Waals surface area contributed by atoms with Gasteiger partial charge in [-0.1, -0.05) is 36.4 Å². The average molecular weight is 323 g/mol. The van der Waals surface area contributed by atoms with Gasteiger partial charge in [0.2, 0.25) is 0 Å². The molecule has 0 saturated carbocycles. The predicted molar refractivity (Wildman–Crippen MR) is 98.5 cm³/mol. The van der Waals surface area contributed by atoms with E-state index in [0.29, 0.717) is 17.9 Å². The van der Waals surface area contributed by atoms with Crippen LogP contribution in [-0.4, -0.2) is 12.5 Å². The van der Waals surface area contributed by atoms with Gasteiger partial charge in [-0.3, -0.25) is 4.79 Å². The van der Waals surface area contributed by atoms with Crippen LogP contribution in [0.5, 0.6) is 5.75 Å². The molecule has 0 aliphatic rings. The summed E-state index contributed by atoms with van der Waals surface area (Å²) in [6.45, 7) is 12.3. The summed E-state index contributed by atoms with van der Waals surface area (Å²) in [5, 5.41) is 3.05. The van der Waals surface area contributed by atoms with Crippen molar-refractivity contribution < 1.29 is 9.53 Å². The highest BCUT2D eigenvalue weighted by Gasteiger charge is 2.13. The normalized spacial score (nSPS) is 11.7. The molecule has 0 fully saturated rings. The van der Waals surface area contributed by atoms with Crippen molar-refractivity contribution in [3.05, 3.63) is 76.9 Å². The molecule has 0 aliphatic heterocycles. The van der Waals surface area contributed by atoms with E-state index < -0.39 is 0 Å². The Labute approximate surface area is 144 Å². The first-order valence-electron chi connectivity index (χ1n) is 8.12. The first-order chi connectivity index (χ1) is 11.4. The minimum absolute atomic E-state index is 0.0573. The molecule has 0 unspecified atom stereocenters. The van der Waals surface area contributed by atoms with E-state index in [1.165, 1.54) is 11.1 Å². The molecular weight excluding hydrogens is 298 g/mol. The van der Waals surface area contributed by atoms with Gasteiger partial charge in [-0.25, -0.2) is 0 Å².